The Morgan fingerprint density at radius 2 is 0.582 bits per heavy atom. The number of hydrogen-bond donors (Lipinski definition) is 0. The van der Waals surface area contributed by atoms with E-state index in [1.807, 2.05) is 0 Å². The van der Waals surface area contributed by atoms with Gasteiger partial charge >= 0.3 is 23.9 Å². The topological polar surface area (TPSA) is 112 Å². The summed E-state index contributed by atoms with van der Waals surface area (Å²) in [7, 11) is 2.14. The number of piperazine rings is 1. The minimum absolute atomic E-state index is 0.198. The maximum atomic E-state index is 13.3. The van der Waals surface area contributed by atoms with E-state index in [-0.39, 0.29) is 76.0 Å². The van der Waals surface area contributed by atoms with Crippen LogP contribution >= 0.6 is 0 Å². The lowest BCUT2D eigenvalue weighted by Gasteiger charge is -2.32. The van der Waals surface area contributed by atoms with E-state index in [4.69, 9.17) is 18.9 Å². The number of carbonyl (C=O) groups is 4. The van der Waals surface area contributed by atoms with E-state index >= 15 is 0 Å². The molecule has 1 aliphatic heterocycles. The van der Waals surface area contributed by atoms with Crippen molar-refractivity contribution in [2.45, 2.75) is 271 Å². The van der Waals surface area contributed by atoms with Gasteiger partial charge < -0.3 is 28.7 Å². The lowest BCUT2D eigenvalue weighted by atomic mass is 9.92. The van der Waals surface area contributed by atoms with Gasteiger partial charge in [-0.2, -0.15) is 0 Å². The van der Waals surface area contributed by atoms with E-state index in [9.17, 15) is 19.2 Å². The molecule has 0 amide bonds. The number of ether oxygens (including phenoxy) is 4. The van der Waals surface area contributed by atoms with Gasteiger partial charge in [-0.3, -0.25) is 19.2 Å². The zero-order valence-corrected chi connectivity index (χ0v) is 51.5. The Hall–Kier alpha value is -3.76. The van der Waals surface area contributed by atoms with Crippen LogP contribution in [0.5, 0.6) is 0 Å². The molecule has 0 unspecified atom stereocenters. The van der Waals surface area contributed by atoms with Crippen LogP contribution in [-0.4, -0.2) is 99.9 Å². The summed E-state index contributed by atoms with van der Waals surface area (Å²) in [6, 6.07) is 0. The molecule has 0 atom stereocenters. The number of likely N-dealkylation sites (N-methyl/N-ethyl adjacent to an activating group) is 1. The smallest absolute Gasteiger partial charge is 0.305 e. The molecule has 0 aromatic carbocycles. The Balaban J connectivity index is 2.85. The van der Waals surface area contributed by atoms with Crippen molar-refractivity contribution in [3.63, 3.8) is 0 Å². The van der Waals surface area contributed by atoms with E-state index in [1.54, 1.807) is 0 Å². The van der Waals surface area contributed by atoms with Crippen LogP contribution in [0.2, 0.25) is 0 Å². The molecule has 0 aromatic rings. The maximum Gasteiger partial charge on any atom is 0.305 e. The zero-order valence-electron chi connectivity index (χ0n) is 51.5. The van der Waals surface area contributed by atoms with Crippen molar-refractivity contribution in [3.05, 3.63) is 72.9 Å². The van der Waals surface area contributed by atoms with Gasteiger partial charge in [-0.05, 0) is 142 Å². The maximum absolute atomic E-state index is 13.3. The molecular formula is C69H120N2O8. The van der Waals surface area contributed by atoms with Crippen LogP contribution in [0.4, 0.5) is 0 Å². The van der Waals surface area contributed by atoms with Crippen molar-refractivity contribution in [3.8, 4) is 0 Å². The van der Waals surface area contributed by atoms with Crippen molar-refractivity contribution in [2.24, 2.45) is 5.41 Å². The highest BCUT2D eigenvalue weighted by Gasteiger charge is 2.38. The summed E-state index contributed by atoms with van der Waals surface area (Å²) >= 11 is 0. The third-order valence-electron chi connectivity index (χ3n) is 14.9. The molecule has 1 fully saturated rings. The fourth-order valence-corrected chi connectivity index (χ4v) is 9.39. The highest BCUT2D eigenvalue weighted by atomic mass is 16.6. The van der Waals surface area contributed by atoms with Crippen molar-refractivity contribution >= 4 is 23.9 Å². The Morgan fingerprint density at radius 3 is 0.873 bits per heavy atom. The van der Waals surface area contributed by atoms with Crippen molar-refractivity contribution in [1.82, 2.24) is 9.80 Å². The second-order valence-electron chi connectivity index (χ2n) is 22.7. The molecule has 454 valence electrons. The number of esters is 4. The summed E-state index contributed by atoms with van der Waals surface area (Å²) in [4.78, 5) is 58.0. The van der Waals surface area contributed by atoms with E-state index in [0.29, 0.717) is 25.7 Å². The Labute approximate surface area is 485 Å². The first-order chi connectivity index (χ1) is 38.7. The molecular weight excluding hydrogens is 985 g/mol. The van der Waals surface area contributed by atoms with Crippen molar-refractivity contribution in [1.29, 1.82) is 0 Å². The summed E-state index contributed by atoms with van der Waals surface area (Å²) in [5.41, 5.74) is -1.24. The van der Waals surface area contributed by atoms with Gasteiger partial charge in [-0.15, -0.1) is 0 Å². The van der Waals surface area contributed by atoms with Crippen molar-refractivity contribution < 1.29 is 38.1 Å². The zero-order chi connectivity index (χ0) is 57.2. The van der Waals surface area contributed by atoms with Crippen LogP contribution < -0.4 is 0 Å². The van der Waals surface area contributed by atoms with Crippen LogP contribution in [-0.2, 0) is 38.1 Å². The molecule has 0 spiro atoms. The Bertz CT molecular complexity index is 1470. The Morgan fingerprint density at radius 1 is 0.329 bits per heavy atom. The minimum Gasteiger partial charge on any atom is -0.465 e. The van der Waals surface area contributed by atoms with Gasteiger partial charge in [0, 0.05) is 51.9 Å². The number of nitrogens with zero attached hydrogens (tertiary/aromatic N) is 2. The average Bonchev–Trinajstić information content (AvgIpc) is 3.46. The number of carbonyl (C=O) groups excluding carboxylic acids is 4. The summed E-state index contributed by atoms with van der Waals surface area (Å²) in [6.07, 6.45) is 65.7. The predicted octanol–water partition coefficient (Wildman–Crippen LogP) is 18.0. The number of rotatable bonds is 55. The molecule has 0 N–H and O–H groups in total. The number of unbranched alkanes of at least 4 members (excludes halogenated alkanes) is 25. The van der Waals surface area contributed by atoms with Gasteiger partial charge in [-0.1, -0.05) is 190 Å². The van der Waals surface area contributed by atoms with Crippen LogP contribution in [0.15, 0.2) is 72.9 Å². The van der Waals surface area contributed by atoms with E-state index in [2.05, 4.69) is 111 Å². The molecule has 1 rings (SSSR count). The monoisotopic (exact) mass is 1100 g/mol. The van der Waals surface area contributed by atoms with Crippen molar-refractivity contribution in [2.75, 3.05) is 66.2 Å². The van der Waals surface area contributed by atoms with Gasteiger partial charge in [0.05, 0.1) is 0 Å². The molecule has 0 saturated carbocycles. The SMILES string of the molecule is CCCCC/C=C\C/C=C\CCCCCCCC(=O)OCC(COC(=O)CCCCCCC/C=C\C/C=C\CCCCC)(COC(=O)CCCCCCC/C=C\C/C=C\CCCCC)COC(=O)CCCCN1CCN(C)CC1. The number of hydrogen-bond acceptors (Lipinski definition) is 10. The van der Waals surface area contributed by atoms with Crippen LogP contribution in [0, 0.1) is 5.41 Å². The summed E-state index contributed by atoms with van der Waals surface area (Å²) in [5, 5.41) is 0. The molecule has 1 aliphatic rings. The standard InChI is InChI=1S/C69H120N2O8/c1-5-8-11-14-17-20-23-26-29-32-35-38-41-44-47-52-65(72)76-61-69(64-79-68(75)55-50-51-56-71-59-57-70(4)58-60-71,62-77-66(73)53-48-45-42-39-36-33-30-27-24-21-18-15-12-9-6-2)63-78-67(74)54-49-46-43-40-37-34-31-28-25-22-19-16-13-10-7-3/h17-22,26-31H,5-16,23-25,32-64H2,1-4H3/b20-17-,21-18-,22-19-,29-26-,30-27-,31-28-. The van der Waals surface area contributed by atoms with Crippen LogP contribution in [0.1, 0.15) is 271 Å². The van der Waals surface area contributed by atoms with E-state index in [1.165, 1.54) is 77.0 Å². The van der Waals surface area contributed by atoms with E-state index < -0.39 is 5.41 Å². The van der Waals surface area contributed by atoms with Gasteiger partial charge in [0.1, 0.15) is 31.8 Å². The predicted molar refractivity (Wildman–Crippen MR) is 332 cm³/mol. The molecule has 1 saturated heterocycles. The summed E-state index contributed by atoms with van der Waals surface area (Å²) in [5.74, 6) is -1.46. The van der Waals surface area contributed by atoms with Gasteiger partial charge in [0.2, 0.25) is 0 Å². The second-order valence-corrected chi connectivity index (χ2v) is 22.7. The third-order valence-corrected chi connectivity index (χ3v) is 14.9. The lowest BCUT2D eigenvalue weighted by molar-refractivity contribution is -0.170. The molecule has 79 heavy (non-hydrogen) atoms. The highest BCUT2D eigenvalue weighted by molar-refractivity contribution is 5.71. The first kappa shape index (κ1) is 73.3. The van der Waals surface area contributed by atoms with E-state index in [0.717, 1.165) is 155 Å². The Kier molecular flexibility index (Phi) is 52.0. The normalized spacial score (nSPS) is 13.9. The summed E-state index contributed by atoms with van der Waals surface area (Å²) in [6.45, 7) is 11.0. The first-order valence-electron chi connectivity index (χ1n) is 32.7. The second kappa shape index (κ2) is 56.1. The summed E-state index contributed by atoms with van der Waals surface area (Å²) < 4.78 is 23.7. The first-order valence-corrected chi connectivity index (χ1v) is 32.7. The lowest BCUT2D eigenvalue weighted by Crippen LogP contribution is -2.44. The third kappa shape index (κ3) is 49.8. The van der Waals surface area contributed by atoms with Crippen LogP contribution in [0.25, 0.3) is 0 Å². The van der Waals surface area contributed by atoms with Gasteiger partial charge in [0.25, 0.3) is 0 Å². The molecule has 10 heteroatoms. The fourth-order valence-electron chi connectivity index (χ4n) is 9.39. The highest BCUT2D eigenvalue weighted by Crippen LogP contribution is 2.24. The van der Waals surface area contributed by atoms with Gasteiger partial charge in [-0.25, -0.2) is 0 Å². The molecule has 10 nitrogen and oxygen atoms in total. The minimum atomic E-state index is -1.24. The van der Waals surface area contributed by atoms with Gasteiger partial charge in [0.15, 0.2) is 0 Å². The molecule has 0 bridgehead atoms. The molecule has 0 aromatic heterocycles. The molecule has 0 radical (unpaired) electrons. The van der Waals surface area contributed by atoms with Crippen LogP contribution in [0.3, 0.4) is 0 Å². The average molecular weight is 1110 g/mol. The largest absolute Gasteiger partial charge is 0.465 e. The molecule has 1 heterocycles. The molecule has 0 aliphatic carbocycles. The number of allylic oxidation sites excluding steroid dienone is 12. The quantitative estimate of drug-likeness (QED) is 0.0253. The fraction of sp³-hybridized carbons (Fsp3) is 0.768.